The van der Waals surface area contributed by atoms with Gasteiger partial charge in [-0.3, -0.25) is 29.0 Å². The molecule has 2 aliphatic rings. The molecule has 12 heteroatoms. The molecule has 0 aliphatic carbocycles. The number of phenolic OH excluding ortho intramolecular Hbond substituents is 2. The van der Waals surface area contributed by atoms with Crippen molar-refractivity contribution in [2.45, 2.75) is 247 Å². The van der Waals surface area contributed by atoms with Gasteiger partial charge in [0.05, 0.1) is 37.4 Å². The lowest BCUT2D eigenvalue weighted by molar-refractivity contribution is -0.198. The molecule has 2 fully saturated rings. The molecule has 2 atom stereocenters. The lowest BCUT2D eigenvalue weighted by Gasteiger charge is -2.56. The van der Waals surface area contributed by atoms with Gasteiger partial charge in [0, 0.05) is 11.1 Å². The van der Waals surface area contributed by atoms with Gasteiger partial charge in [0.25, 0.3) is 0 Å². The monoisotopic (exact) mass is 991 g/mol. The number of carbonyl (C=O) groups excluding carboxylic acids is 4. The van der Waals surface area contributed by atoms with Crippen LogP contribution in [-0.4, -0.2) is 105 Å². The number of rotatable bonds is 14. The second-order valence-electron chi connectivity index (χ2n) is 27.1. The van der Waals surface area contributed by atoms with Gasteiger partial charge < -0.3 is 29.2 Å². The van der Waals surface area contributed by atoms with Gasteiger partial charge in [-0.15, -0.1) is 0 Å². The van der Waals surface area contributed by atoms with Crippen LogP contribution < -0.4 is 0 Å². The summed E-state index contributed by atoms with van der Waals surface area (Å²) in [6.07, 6.45) is 0.186. The molecule has 2 N–H and O–H groups in total. The zero-order valence-corrected chi connectivity index (χ0v) is 48.1. The fourth-order valence-electron chi connectivity index (χ4n) is 11.3. The minimum absolute atomic E-state index is 0.0260. The summed E-state index contributed by atoms with van der Waals surface area (Å²) >= 11 is 0. The van der Waals surface area contributed by atoms with Gasteiger partial charge in [-0.25, -0.2) is 0 Å². The summed E-state index contributed by atoms with van der Waals surface area (Å²) in [5.41, 5.74) is -3.01. The Bertz CT molecular complexity index is 2050. The maximum atomic E-state index is 16.3. The van der Waals surface area contributed by atoms with Gasteiger partial charge in [0.1, 0.15) is 23.7 Å². The molecule has 2 heterocycles. The average molecular weight is 991 g/mol. The van der Waals surface area contributed by atoms with Crippen LogP contribution in [0.15, 0.2) is 24.3 Å². The minimum atomic E-state index is -2.06. The molecule has 12 nitrogen and oxygen atoms in total. The molecule has 2 unspecified atom stereocenters. The van der Waals surface area contributed by atoms with Gasteiger partial charge in [-0.2, -0.15) is 0 Å². The molecule has 0 saturated carbocycles. The molecule has 0 radical (unpaired) electrons. The smallest absolute Gasteiger partial charge is 0.324 e. The number of phenols is 2. The predicted molar refractivity (Wildman–Crippen MR) is 282 cm³/mol. The fraction of sp³-hybridized carbons (Fsp3) is 0.729. The Balaban J connectivity index is 2.13. The van der Waals surface area contributed by atoms with Crippen LogP contribution in [0.2, 0.25) is 0 Å². The average Bonchev–Trinajstić information content (AvgIpc) is 3.19. The number of nitrogens with zero attached hydrogens (tertiary/aromatic N) is 2. The lowest BCUT2D eigenvalue weighted by Crippen LogP contribution is -2.67. The first-order valence-corrected chi connectivity index (χ1v) is 26.1. The van der Waals surface area contributed by atoms with Crippen molar-refractivity contribution in [1.29, 1.82) is 0 Å². The quantitative estimate of drug-likeness (QED) is 0.105. The van der Waals surface area contributed by atoms with Crippen LogP contribution in [0.25, 0.3) is 0 Å². The summed E-state index contributed by atoms with van der Waals surface area (Å²) in [7, 11) is 0. The van der Waals surface area contributed by atoms with Gasteiger partial charge in [-0.1, -0.05) is 107 Å². The number of benzene rings is 2. The first kappa shape index (κ1) is 59.4. The third-order valence-corrected chi connectivity index (χ3v) is 15.5. The summed E-state index contributed by atoms with van der Waals surface area (Å²) < 4.78 is 24.7. The van der Waals surface area contributed by atoms with Gasteiger partial charge in [0.15, 0.2) is 5.41 Å². The van der Waals surface area contributed by atoms with E-state index >= 15 is 9.59 Å². The Hall–Kier alpha value is -4.16. The summed E-state index contributed by atoms with van der Waals surface area (Å²) in [4.78, 5) is 63.1. The Morgan fingerprint density at radius 1 is 0.521 bits per heavy atom. The fourth-order valence-corrected chi connectivity index (χ4v) is 11.3. The number of carbonyl (C=O) groups is 4. The third kappa shape index (κ3) is 13.0. The number of ether oxygens (including phenoxy) is 4. The van der Waals surface area contributed by atoms with Crippen LogP contribution in [-0.2, 0) is 72.6 Å². The van der Waals surface area contributed by atoms with Crippen LogP contribution in [0, 0.1) is 5.41 Å². The van der Waals surface area contributed by atoms with Crippen LogP contribution in [0.3, 0.4) is 0 Å². The molecule has 2 aliphatic heterocycles. The number of aromatic hydroxyl groups is 2. The van der Waals surface area contributed by atoms with Crippen molar-refractivity contribution in [3.8, 4) is 11.5 Å². The van der Waals surface area contributed by atoms with Gasteiger partial charge in [-0.05, 0) is 163 Å². The lowest BCUT2D eigenvalue weighted by atomic mass is 9.71. The molecule has 0 amide bonds. The van der Waals surface area contributed by atoms with Gasteiger partial charge >= 0.3 is 23.9 Å². The molecule has 400 valence electrons. The molecule has 2 aromatic rings. The van der Waals surface area contributed by atoms with Crippen molar-refractivity contribution in [2.75, 3.05) is 26.3 Å². The Kier molecular flexibility index (Phi) is 17.3. The molecular formula is C59H94N2O10. The Morgan fingerprint density at radius 3 is 1.03 bits per heavy atom. The maximum absolute atomic E-state index is 16.3. The number of piperidine rings is 2. The van der Waals surface area contributed by atoms with Gasteiger partial charge in [0.2, 0.25) is 0 Å². The summed E-state index contributed by atoms with van der Waals surface area (Å²) in [5.74, 6) is -2.01. The summed E-state index contributed by atoms with van der Waals surface area (Å²) in [6, 6.07) is 7.61. The Morgan fingerprint density at radius 2 is 0.789 bits per heavy atom. The van der Waals surface area contributed by atoms with Crippen molar-refractivity contribution in [3.63, 3.8) is 0 Å². The number of esters is 4. The second kappa shape index (κ2) is 20.6. The highest BCUT2D eigenvalue weighted by Crippen LogP contribution is 2.48. The van der Waals surface area contributed by atoms with E-state index < -0.39 is 73.4 Å². The first-order valence-electron chi connectivity index (χ1n) is 26.1. The number of hydrogen-bond donors (Lipinski definition) is 2. The van der Waals surface area contributed by atoms with E-state index in [2.05, 4.69) is 27.7 Å². The zero-order chi connectivity index (χ0) is 54.5. The van der Waals surface area contributed by atoms with Crippen LogP contribution in [0.1, 0.15) is 211 Å². The standard InChI is InChI=1S/C59H94N2O10/c1-23-68-45(62)35-60-55(15,16)27-25-43(57(60,19)20)70-49(66)59(33-37-29-39(51(3,4)5)47(64)40(30-37)52(6,7)8,34-38-31-41(53(9,10)11)48(65)42(32-38)54(12,13)14)50(67)71-44-26-28-56(17,18)61(58(44,21)22)36-46(63)69-24-2/h29-32,43-44,64-65H,23-28,33-36H2,1-22H3. The summed E-state index contributed by atoms with van der Waals surface area (Å²) in [6.45, 7) is 44.4. The largest absolute Gasteiger partial charge is 0.507 e. The third-order valence-electron chi connectivity index (χ3n) is 15.5. The van der Waals surface area contributed by atoms with Crippen molar-refractivity contribution >= 4 is 23.9 Å². The minimum Gasteiger partial charge on any atom is -0.507 e. The molecular weight excluding hydrogens is 897 g/mol. The Labute approximate surface area is 428 Å². The molecule has 0 aromatic heterocycles. The van der Waals surface area contributed by atoms with Crippen molar-refractivity contribution in [3.05, 3.63) is 57.6 Å². The first-order chi connectivity index (χ1) is 32.1. The van der Waals surface area contributed by atoms with Crippen LogP contribution in [0.5, 0.6) is 11.5 Å². The van der Waals surface area contributed by atoms with Crippen molar-refractivity contribution in [2.24, 2.45) is 5.41 Å². The van der Waals surface area contributed by atoms with Crippen LogP contribution in [0.4, 0.5) is 0 Å². The molecule has 71 heavy (non-hydrogen) atoms. The molecule has 4 rings (SSSR count). The van der Waals surface area contributed by atoms with E-state index in [4.69, 9.17) is 18.9 Å². The normalized spacial score (nSPS) is 20.8. The zero-order valence-electron chi connectivity index (χ0n) is 48.1. The molecule has 2 saturated heterocycles. The van der Waals surface area contributed by atoms with E-state index in [0.29, 0.717) is 59.1 Å². The highest BCUT2D eigenvalue weighted by Gasteiger charge is 2.57. The van der Waals surface area contributed by atoms with E-state index in [-0.39, 0.29) is 62.6 Å². The van der Waals surface area contributed by atoms with E-state index in [1.54, 1.807) is 13.8 Å². The predicted octanol–water partition coefficient (Wildman–Crippen LogP) is 11.3. The SMILES string of the molecule is CCOC(=O)CN1C(C)(C)CCC(OC(=O)C(Cc2cc(C(C)(C)C)c(O)c(C(C)(C)C)c2)(Cc2cc(C(C)(C)C)c(O)c(C(C)(C)C)c2)C(=O)OC2CCC(C)(C)N(CC(=O)OCC)C2(C)C)C1(C)C. The second-order valence-corrected chi connectivity index (χ2v) is 27.1. The molecule has 0 spiro atoms. The van der Waals surface area contributed by atoms with E-state index in [1.807, 2.05) is 145 Å². The van der Waals surface area contributed by atoms with Crippen molar-refractivity contribution < 1.29 is 48.3 Å². The maximum Gasteiger partial charge on any atom is 0.324 e. The van der Waals surface area contributed by atoms with E-state index in [1.165, 1.54) is 0 Å². The summed E-state index contributed by atoms with van der Waals surface area (Å²) in [5, 5.41) is 23.9. The molecule has 2 aromatic carbocycles. The van der Waals surface area contributed by atoms with Crippen LogP contribution >= 0.6 is 0 Å². The highest BCUT2D eigenvalue weighted by molar-refractivity contribution is 6.01. The highest BCUT2D eigenvalue weighted by atomic mass is 16.6. The van der Waals surface area contributed by atoms with E-state index in [9.17, 15) is 19.8 Å². The van der Waals surface area contributed by atoms with Crippen molar-refractivity contribution in [1.82, 2.24) is 9.80 Å². The topological polar surface area (TPSA) is 152 Å². The number of likely N-dealkylation sites (tertiary alicyclic amines) is 2. The van der Waals surface area contributed by atoms with E-state index in [0.717, 1.165) is 0 Å². The number of hydrogen-bond acceptors (Lipinski definition) is 12. The molecule has 0 bridgehead atoms.